The third kappa shape index (κ3) is 20.9. The summed E-state index contributed by atoms with van der Waals surface area (Å²) in [6.07, 6.45) is 6.83. The predicted octanol–water partition coefficient (Wildman–Crippen LogP) is 20.9. The number of hydrogen-bond acceptors (Lipinski definition) is 14. The molecule has 2 aliphatic heterocycles. The van der Waals surface area contributed by atoms with Gasteiger partial charge in [0.05, 0.1) is 41.6 Å². The number of aromatic amines is 5. The molecule has 568 valence electrons. The first-order chi connectivity index (χ1) is 52.5. The quantitative estimate of drug-likeness (QED) is 0.0410. The molecular weight excluding hydrogens is 1870 g/mol. The van der Waals surface area contributed by atoms with Gasteiger partial charge in [-0.3, -0.25) is 0 Å². The summed E-state index contributed by atoms with van der Waals surface area (Å²) >= 11 is 11.9. The average Bonchev–Trinajstić information content (AvgIpc) is 1.59. The van der Waals surface area contributed by atoms with Gasteiger partial charge in [0.25, 0.3) is 0 Å². The molecule has 0 aliphatic carbocycles. The van der Waals surface area contributed by atoms with Gasteiger partial charge >= 0.3 is 230 Å². The molecule has 10 heterocycles. The van der Waals surface area contributed by atoms with Gasteiger partial charge in [-0.15, -0.1) is 45.3 Å². The van der Waals surface area contributed by atoms with Gasteiger partial charge in [-0.05, 0) is 79.5 Å². The number of H-pyrrole nitrogens is 5. The van der Waals surface area contributed by atoms with Crippen molar-refractivity contribution in [3.8, 4) is 42.5 Å². The molecule has 0 spiro atoms. The minimum atomic E-state index is -2.69. The van der Waals surface area contributed by atoms with Crippen LogP contribution in [0.1, 0.15) is 80.1 Å². The summed E-state index contributed by atoms with van der Waals surface area (Å²) in [6, 6.07) is 64.7. The number of thiophene rings is 5. The van der Waals surface area contributed by atoms with Gasteiger partial charge in [0.1, 0.15) is 34.0 Å². The van der Waals surface area contributed by atoms with E-state index in [0.717, 1.165) is 66.2 Å². The summed E-state index contributed by atoms with van der Waals surface area (Å²) in [4.78, 5) is 66.7. The van der Waals surface area contributed by atoms with Crippen LogP contribution in [-0.2, 0) is 20.7 Å². The van der Waals surface area contributed by atoms with Gasteiger partial charge in [0, 0.05) is 10.8 Å². The van der Waals surface area contributed by atoms with Crippen molar-refractivity contribution in [2.75, 3.05) is 26.4 Å². The second-order valence-corrected chi connectivity index (χ2v) is 54.0. The maximum atomic E-state index is 12.7. The SMILES string of the molecule is Brc1sc(Br)c2c1OCCO2.CCC[CH2][Sn]([CH2]CCC)([CH2]CCC)[c]1scc2c1[nH]c(=O)n2C(=O)OC(C)(C)C.O=c1[nH]c2csc(-c3sc(-c4scc5[nH]c(=O)[nH]c45)c4c3OCCO4)c2[nH]1.[Cl][Pd][Cl].c1ccc(P(c2ccccc2)c2ccccc2)cc1.c1ccc(P(c2ccccc2)c2ccccc2)cc1. The van der Waals surface area contributed by atoms with Gasteiger partial charge in [-0.25, -0.2) is 9.59 Å². The van der Waals surface area contributed by atoms with E-state index in [-0.39, 0.29) is 33.0 Å². The number of benzene rings is 6. The van der Waals surface area contributed by atoms with Crippen molar-refractivity contribution in [1.82, 2.24) is 29.5 Å². The van der Waals surface area contributed by atoms with E-state index in [0.29, 0.717) is 43.4 Å². The first-order valence-corrected chi connectivity index (χ1v) is 55.2. The van der Waals surface area contributed by atoms with E-state index >= 15 is 0 Å². The predicted molar refractivity (Wildman–Crippen MR) is 466 cm³/mol. The first-order valence-electron chi connectivity index (χ1n) is 35.2. The second kappa shape index (κ2) is 40.6. The number of ether oxygens (including phenoxy) is 5. The van der Waals surface area contributed by atoms with E-state index in [1.165, 1.54) is 125 Å². The van der Waals surface area contributed by atoms with Crippen LogP contribution in [0.2, 0.25) is 13.3 Å². The molecule has 2 aliphatic rings. The largest absolute Gasteiger partial charge is 0.0622 e. The molecule has 0 atom stereocenters. The van der Waals surface area contributed by atoms with Crippen LogP contribution in [0.5, 0.6) is 23.0 Å². The Morgan fingerprint density at radius 2 is 0.815 bits per heavy atom. The minimum absolute atomic E-state index is 0.106. The molecule has 0 radical (unpaired) electrons. The summed E-state index contributed by atoms with van der Waals surface area (Å²) in [6.45, 7) is 14.5. The van der Waals surface area contributed by atoms with E-state index in [9.17, 15) is 19.2 Å². The molecular formula is C80H82Br2Cl2N6O9P2PdS5Sn. The maximum Gasteiger partial charge on any atom is -0.0134 e. The Hall–Kier alpha value is -5.84. The molecule has 0 amide bonds. The number of carbonyl (C=O) groups excluding carboxylic acids is 1. The monoisotopic (exact) mass is 1950 g/mol. The third-order valence-corrected chi connectivity index (χ3v) is 47.4. The van der Waals surface area contributed by atoms with E-state index in [4.69, 9.17) is 42.7 Å². The summed E-state index contributed by atoms with van der Waals surface area (Å²) < 4.78 is 36.8. The fourth-order valence-electron chi connectivity index (χ4n) is 12.6. The maximum absolute atomic E-state index is 12.7. The number of fused-ring (bicyclic) bond motifs is 5. The first kappa shape index (κ1) is 83.1. The van der Waals surface area contributed by atoms with E-state index in [2.05, 4.69) is 260 Å². The standard InChI is InChI=1S/2C18H15P.C16H10N4O4S3.C10H11N2O3S.C6H4Br2O2S.3C4H9.2ClH.Pd.Sn/c2*1-4-10-16(11-5-1)19(17-12-6-2-7-13-17)18-14-8-3-9-15-18;21-15-17-5-3-25-11(7(5)19-15)13-9-10(24-2-1-23-9)14(27-13)12-8-6(4-26-12)18-16(22)20-8;1-10(2,3)15-9(14)12-7-5-16-4-6(7)11-8(12)13;7-5-3-4(6(8)11-5)10-2-1-9-3;3*1-3-4-2;;;;/h2*1-15H;3-4H,1-2H2,(H2,17,19,21)(H2,18,20,22);5H,1-3H3,(H,11,13);1-2H2;3*1,3-4H2,2H3;2*1H;;/q;;;;;;;;;;+2;/p-2. The number of carbonyl (C=O) groups is 1. The fourth-order valence-corrected chi connectivity index (χ4v) is 44.1. The Bertz CT molecular complexity index is 4880. The normalized spacial score (nSPS) is 12.3. The average molecular weight is 1950 g/mol. The van der Waals surface area contributed by atoms with Crippen LogP contribution in [0.15, 0.2) is 220 Å². The summed E-state index contributed by atoms with van der Waals surface area (Å²) in [5.41, 5.74) is 3.22. The van der Waals surface area contributed by atoms with Crippen LogP contribution in [0.4, 0.5) is 4.79 Å². The number of halogens is 4. The number of aromatic nitrogens is 6. The van der Waals surface area contributed by atoms with Gasteiger partial charge < -0.3 is 38.9 Å². The van der Waals surface area contributed by atoms with Gasteiger partial charge in [-0.1, -0.05) is 182 Å². The Morgan fingerprint density at radius 1 is 0.481 bits per heavy atom. The Balaban J connectivity index is 0.000000137. The summed E-state index contributed by atoms with van der Waals surface area (Å²) in [7, 11) is 8.74. The van der Waals surface area contributed by atoms with E-state index < -0.39 is 45.9 Å². The Morgan fingerprint density at radius 3 is 1.14 bits per heavy atom. The molecule has 6 aromatic carbocycles. The smallest absolute Gasteiger partial charge is 0.0134 e. The number of nitrogens with one attached hydrogen (secondary N) is 5. The molecule has 14 aromatic rings. The molecule has 0 saturated heterocycles. The van der Waals surface area contributed by atoms with Crippen LogP contribution in [0, 0.1) is 0 Å². The fraction of sp³-hybridized carbons (Fsp3) is 0.250. The Labute approximate surface area is 687 Å². The number of nitrogens with zero attached hydrogens (tertiary/aromatic N) is 1. The molecule has 0 bridgehead atoms. The molecule has 8 aromatic heterocycles. The van der Waals surface area contributed by atoms with Crippen molar-refractivity contribution < 1.29 is 44.4 Å². The van der Waals surface area contributed by atoms with Crippen molar-refractivity contribution in [3.05, 3.63) is 237 Å². The Kier molecular flexibility index (Phi) is 31.2. The molecule has 108 heavy (non-hydrogen) atoms. The minimum Gasteiger partial charge on any atom is -0.0622 e. The number of rotatable bonds is 18. The molecule has 0 unspecified atom stereocenters. The van der Waals surface area contributed by atoms with Crippen molar-refractivity contribution >= 4 is 216 Å². The van der Waals surface area contributed by atoms with Crippen LogP contribution in [-0.4, -0.2) is 86.0 Å². The van der Waals surface area contributed by atoms with E-state index in [1.807, 2.05) is 36.9 Å². The number of hydrogen-bond donors (Lipinski definition) is 5. The topological polar surface area (TPSA) is 198 Å². The van der Waals surface area contributed by atoms with Gasteiger partial charge in [0.15, 0.2) is 23.0 Å². The zero-order chi connectivity index (χ0) is 76.2. The summed E-state index contributed by atoms with van der Waals surface area (Å²) in [5.74, 6) is 3.03. The van der Waals surface area contributed by atoms with Gasteiger partial charge in [-0.2, -0.15) is 0 Å². The zero-order valence-electron chi connectivity index (χ0n) is 60.1. The van der Waals surface area contributed by atoms with E-state index in [1.54, 1.807) is 22.7 Å². The van der Waals surface area contributed by atoms with Crippen molar-refractivity contribution in [2.24, 2.45) is 0 Å². The molecule has 15 nitrogen and oxygen atoms in total. The molecule has 28 heteroatoms. The second-order valence-electron chi connectivity index (χ2n) is 25.9. The number of imidazole rings is 3. The van der Waals surface area contributed by atoms with Crippen LogP contribution >= 0.6 is 123 Å². The zero-order valence-corrected chi connectivity index (χ0v) is 75.1. The third-order valence-electron chi connectivity index (χ3n) is 17.3. The van der Waals surface area contributed by atoms with Crippen molar-refractivity contribution in [2.45, 2.75) is 99.0 Å². The van der Waals surface area contributed by atoms with Crippen molar-refractivity contribution in [1.29, 1.82) is 0 Å². The molecule has 0 fully saturated rings. The number of unbranched alkanes of at least 4 members (excludes halogenated alkanes) is 3. The van der Waals surface area contributed by atoms with Crippen LogP contribution in [0.25, 0.3) is 52.6 Å². The molecule has 16 rings (SSSR count). The van der Waals surface area contributed by atoms with Crippen LogP contribution in [0.3, 0.4) is 0 Å². The molecule has 0 saturated carbocycles. The summed E-state index contributed by atoms with van der Waals surface area (Å²) in [5, 5.41) is 14.2. The van der Waals surface area contributed by atoms with Gasteiger partial charge in [0.2, 0.25) is 0 Å². The van der Waals surface area contributed by atoms with Crippen molar-refractivity contribution in [3.63, 3.8) is 0 Å². The molecule has 5 N–H and O–H groups in total. The van der Waals surface area contributed by atoms with Crippen LogP contribution < -0.4 is 70.7 Å².